The van der Waals surface area contributed by atoms with Crippen LogP contribution < -0.4 is 0 Å². The maximum Gasteiger partial charge on any atom is 0.338 e. The van der Waals surface area contributed by atoms with Crippen molar-refractivity contribution in [3.8, 4) is 0 Å². The third kappa shape index (κ3) is 2.03. The van der Waals surface area contributed by atoms with E-state index in [0.29, 0.717) is 22.9 Å². The van der Waals surface area contributed by atoms with E-state index in [-0.39, 0.29) is 23.8 Å². The summed E-state index contributed by atoms with van der Waals surface area (Å²) >= 11 is 5.76. The Bertz CT molecular complexity index is 494. The summed E-state index contributed by atoms with van der Waals surface area (Å²) in [5, 5.41) is 0.585. The molecule has 0 heterocycles. The summed E-state index contributed by atoms with van der Waals surface area (Å²) in [5.74, 6) is 0.244. The molecule has 1 aromatic rings. The molecule has 3 atom stereocenters. The smallest absolute Gasteiger partial charge is 0.338 e. The predicted octanol–water partition coefficient (Wildman–Crippen LogP) is 2.86. The third-order valence-electron chi connectivity index (χ3n) is 3.84. The van der Waals surface area contributed by atoms with Crippen LogP contribution in [0.5, 0.6) is 0 Å². The van der Waals surface area contributed by atoms with Crippen LogP contribution in [0.3, 0.4) is 0 Å². The lowest BCUT2D eigenvalue weighted by Gasteiger charge is -2.21. The Balaban J connectivity index is 1.68. The number of rotatable bonds is 2. The Kier molecular flexibility index (Phi) is 2.86. The quantitative estimate of drug-likeness (QED) is 0.772. The third-order valence-corrected chi connectivity index (χ3v) is 4.10. The lowest BCUT2D eigenvalue weighted by molar-refractivity contribution is -0.125. The summed E-state index contributed by atoms with van der Waals surface area (Å²) in [4.78, 5) is 23.5. The monoisotopic (exact) mass is 264 g/mol. The van der Waals surface area contributed by atoms with Gasteiger partial charge < -0.3 is 4.74 Å². The van der Waals surface area contributed by atoms with E-state index in [1.54, 1.807) is 24.3 Å². The van der Waals surface area contributed by atoms with Crippen molar-refractivity contribution in [3.63, 3.8) is 0 Å². The normalized spacial score (nSPS) is 29.6. The van der Waals surface area contributed by atoms with Gasteiger partial charge in [-0.1, -0.05) is 11.6 Å². The summed E-state index contributed by atoms with van der Waals surface area (Å²) in [5.41, 5.74) is 0.481. The standard InChI is InChI=1S/C14H13ClO3/c15-10-3-1-9(2-4-10)14(17)18-13-7-8-5-11(13)12(16)6-8/h1-4,8,11,13H,5-7H2/t8-,11+,13+/m0/s1. The predicted molar refractivity (Wildman–Crippen MR) is 66.5 cm³/mol. The zero-order valence-corrected chi connectivity index (χ0v) is 10.5. The minimum absolute atomic E-state index is 0.0637. The summed E-state index contributed by atoms with van der Waals surface area (Å²) in [7, 11) is 0. The molecule has 3 rings (SSSR count). The van der Waals surface area contributed by atoms with Gasteiger partial charge in [-0.05, 0) is 43.0 Å². The molecule has 0 radical (unpaired) electrons. The first-order valence-corrected chi connectivity index (χ1v) is 6.50. The molecular formula is C14H13ClO3. The van der Waals surface area contributed by atoms with Crippen molar-refractivity contribution in [2.24, 2.45) is 11.8 Å². The van der Waals surface area contributed by atoms with E-state index >= 15 is 0 Å². The topological polar surface area (TPSA) is 43.4 Å². The van der Waals surface area contributed by atoms with E-state index in [9.17, 15) is 9.59 Å². The molecule has 2 fully saturated rings. The fourth-order valence-corrected chi connectivity index (χ4v) is 3.09. The van der Waals surface area contributed by atoms with E-state index < -0.39 is 0 Å². The maximum atomic E-state index is 11.9. The number of carbonyl (C=O) groups is 2. The van der Waals surface area contributed by atoms with Crippen molar-refractivity contribution < 1.29 is 14.3 Å². The number of hydrogen-bond donors (Lipinski definition) is 0. The second kappa shape index (κ2) is 4.39. The van der Waals surface area contributed by atoms with Crippen molar-refractivity contribution >= 4 is 23.4 Å². The van der Waals surface area contributed by atoms with Crippen LogP contribution in [0.15, 0.2) is 24.3 Å². The average molecular weight is 265 g/mol. The molecule has 0 N–H and O–H groups in total. The summed E-state index contributed by atoms with van der Waals surface area (Å²) in [6.45, 7) is 0. The van der Waals surface area contributed by atoms with E-state index in [1.807, 2.05) is 0 Å². The number of halogens is 1. The van der Waals surface area contributed by atoms with Crippen LogP contribution in [0.25, 0.3) is 0 Å². The fraction of sp³-hybridized carbons (Fsp3) is 0.429. The molecule has 0 aliphatic heterocycles. The zero-order chi connectivity index (χ0) is 12.7. The summed E-state index contributed by atoms with van der Waals surface area (Å²) in [6, 6.07) is 6.59. The number of esters is 1. The number of carbonyl (C=O) groups excluding carboxylic acids is 2. The van der Waals surface area contributed by atoms with Crippen LogP contribution in [0.2, 0.25) is 5.02 Å². The van der Waals surface area contributed by atoms with E-state index in [1.165, 1.54) is 0 Å². The molecule has 2 aliphatic carbocycles. The Morgan fingerprint density at radius 1 is 1.22 bits per heavy atom. The molecule has 4 heteroatoms. The van der Waals surface area contributed by atoms with Gasteiger partial charge in [0, 0.05) is 11.4 Å². The molecule has 0 saturated heterocycles. The van der Waals surface area contributed by atoms with Crippen LogP contribution in [-0.2, 0) is 9.53 Å². The number of Topliss-reactive ketones (excluding diaryl/α,β-unsaturated/α-hetero) is 1. The van der Waals surface area contributed by atoms with Crippen molar-refractivity contribution in [1.82, 2.24) is 0 Å². The SMILES string of the molecule is O=C(O[C@@H]1C[C@@H]2CC(=O)[C@H]1C2)c1ccc(Cl)cc1. The molecule has 3 nitrogen and oxygen atoms in total. The van der Waals surface area contributed by atoms with Gasteiger partial charge in [-0.2, -0.15) is 0 Å². The van der Waals surface area contributed by atoms with Crippen LogP contribution in [0, 0.1) is 11.8 Å². The van der Waals surface area contributed by atoms with Crippen molar-refractivity contribution in [2.45, 2.75) is 25.4 Å². The first kappa shape index (κ1) is 11.7. The lowest BCUT2D eigenvalue weighted by Crippen LogP contribution is -2.29. The first-order chi connectivity index (χ1) is 8.63. The molecule has 2 saturated carbocycles. The van der Waals surface area contributed by atoms with Crippen molar-refractivity contribution in [3.05, 3.63) is 34.9 Å². The van der Waals surface area contributed by atoms with E-state index in [4.69, 9.17) is 16.3 Å². The number of hydrogen-bond acceptors (Lipinski definition) is 3. The molecule has 0 amide bonds. The van der Waals surface area contributed by atoms with Gasteiger partial charge in [0.2, 0.25) is 0 Å². The maximum absolute atomic E-state index is 11.9. The molecular weight excluding hydrogens is 252 g/mol. The molecule has 2 bridgehead atoms. The van der Waals surface area contributed by atoms with E-state index in [0.717, 1.165) is 12.8 Å². The van der Waals surface area contributed by atoms with E-state index in [2.05, 4.69) is 0 Å². The van der Waals surface area contributed by atoms with Crippen LogP contribution >= 0.6 is 11.6 Å². The molecule has 0 unspecified atom stereocenters. The van der Waals surface area contributed by atoms with Crippen LogP contribution in [0.1, 0.15) is 29.6 Å². The fourth-order valence-electron chi connectivity index (χ4n) is 2.96. The zero-order valence-electron chi connectivity index (χ0n) is 9.77. The molecule has 0 aromatic heterocycles. The Hall–Kier alpha value is -1.35. The van der Waals surface area contributed by atoms with Crippen LogP contribution in [-0.4, -0.2) is 17.9 Å². The molecule has 94 valence electrons. The van der Waals surface area contributed by atoms with Gasteiger partial charge in [0.15, 0.2) is 0 Å². The highest BCUT2D eigenvalue weighted by Crippen LogP contribution is 2.43. The average Bonchev–Trinajstić information content (AvgIpc) is 2.88. The van der Waals surface area contributed by atoms with Gasteiger partial charge in [0.05, 0.1) is 11.5 Å². The number of ketones is 1. The van der Waals surface area contributed by atoms with Gasteiger partial charge >= 0.3 is 5.97 Å². The van der Waals surface area contributed by atoms with Gasteiger partial charge in [-0.25, -0.2) is 4.79 Å². The number of fused-ring (bicyclic) bond motifs is 2. The van der Waals surface area contributed by atoms with Gasteiger partial charge in [-0.3, -0.25) is 4.79 Å². The molecule has 18 heavy (non-hydrogen) atoms. The van der Waals surface area contributed by atoms with Crippen LogP contribution in [0.4, 0.5) is 0 Å². The van der Waals surface area contributed by atoms with Gasteiger partial charge in [0.25, 0.3) is 0 Å². The number of benzene rings is 1. The second-order valence-corrected chi connectivity index (χ2v) is 5.50. The number of ether oxygens (including phenoxy) is 1. The minimum Gasteiger partial charge on any atom is -0.458 e. The molecule has 2 aliphatic rings. The first-order valence-electron chi connectivity index (χ1n) is 6.13. The Morgan fingerprint density at radius 3 is 2.56 bits per heavy atom. The van der Waals surface area contributed by atoms with Gasteiger partial charge in [0.1, 0.15) is 11.9 Å². The highest BCUT2D eigenvalue weighted by Gasteiger charge is 2.47. The Labute approximate surface area is 110 Å². The lowest BCUT2D eigenvalue weighted by atomic mass is 9.96. The minimum atomic E-state index is -0.364. The second-order valence-electron chi connectivity index (χ2n) is 5.07. The Morgan fingerprint density at radius 2 is 1.94 bits per heavy atom. The summed E-state index contributed by atoms with van der Waals surface area (Å²) < 4.78 is 5.44. The van der Waals surface area contributed by atoms with Crippen molar-refractivity contribution in [1.29, 1.82) is 0 Å². The largest absolute Gasteiger partial charge is 0.458 e. The highest BCUT2D eigenvalue weighted by atomic mass is 35.5. The molecule has 1 aromatic carbocycles. The van der Waals surface area contributed by atoms with Crippen molar-refractivity contribution in [2.75, 3.05) is 0 Å². The highest BCUT2D eigenvalue weighted by molar-refractivity contribution is 6.30. The summed E-state index contributed by atoms with van der Waals surface area (Å²) in [6.07, 6.45) is 2.16. The van der Waals surface area contributed by atoms with Gasteiger partial charge in [-0.15, -0.1) is 0 Å². The molecule has 0 spiro atoms.